The fourth-order valence-corrected chi connectivity index (χ4v) is 6.21. The number of benzene rings is 1. The number of hydrogen-bond donors (Lipinski definition) is 0. The van der Waals surface area contributed by atoms with E-state index >= 15 is 0 Å². The van der Waals surface area contributed by atoms with Crippen molar-refractivity contribution in [3.05, 3.63) is 29.3 Å². The number of halogens is 2. The van der Waals surface area contributed by atoms with E-state index in [-0.39, 0.29) is 53.3 Å². The molecule has 1 aliphatic heterocycles. The first-order valence-corrected chi connectivity index (χ1v) is 13.3. The van der Waals surface area contributed by atoms with Gasteiger partial charge in [0.05, 0.1) is 28.9 Å². The third-order valence-corrected chi connectivity index (χ3v) is 9.13. The van der Waals surface area contributed by atoms with Gasteiger partial charge in [-0.3, -0.25) is 4.79 Å². The number of carbonyl (C=O) groups is 1. The van der Waals surface area contributed by atoms with Gasteiger partial charge >= 0.3 is 0 Å². The number of Topliss-reactive ketones (excluding diaryl/α,β-unsaturated/α-hetero) is 1. The summed E-state index contributed by atoms with van der Waals surface area (Å²) in [5, 5.41) is -0.397. The van der Waals surface area contributed by atoms with E-state index in [9.17, 15) is 22.0 Å². The second kappa shape index (κ2) is 10.2. The molecule has 0 unspecified atom stereocenters. The number of rotatable bonds is 7. The summed E-state index contributed by atoms with van der Waals surface area (Å²) >= 11 is 0. The van der Waals surface area contributed by atoms with Crippen LogP contribution in [0.25, 0.3) is 0 Å². The third-order valence-electron chi connectivity index (χ3n) is 6.76. The molecule has 3 rings (SSSR count). The Morgan fingerprint density at radius 1 is 1.06 bits per heavy atom. The van der Waals surface area contributed by atoms with Crippen LogP contribution in [0.3, 0.4) is 0 Å². The van der Waals surface area contributed by atoms with Gasteiger partial charge in [0.15, 0.2) is 21.5 Å². The molecule has 1 aromatic rings. The lowest BCUT2D eigenvalue weighted by molar-refractivity contribution is -0.123. The zero-order chi connectivity index (χ0) is 23.6. The Balaban J connectivity index is 1.61. The fourth-order valence-electron chi connectivity index (χ4n) is 4.84. The van der Waals surface area contributed by atoms with E-state index in [2.05, 4.69) is 0 Å². The Kier molecular flexibility index (Phi) is 7.97. The lowest BCUT2D eigenvalue weighted by Gasteiger charge is -2.37. The smallest absolute Gasteiger partial charge is 0.182 e. The van der Waals surface area contributed by atoms with Gasteiger partial charge in [0.25, 0.3) is 0 Å². The van der Waals surface area contributed by atoms with Crippen molar-refractivity contribution in [3.8, 4) is 0 Å². The Hall–Kier alpha value is -1.54. The van der Waals surface area contributed by atoms with Gasteiger partial charge < -0.3 is 9.64 Å². The average Bonchev–Trinajstić information content (AvgIpc) is 2.71. The minimum atomic E-state index is -3.10. The first-order chi connectivity index (χ1) is 15.0. The standard InChI is InChI=1S/C24H35F2NO4S/c1-15(2)32(29,30)14-18-5-7-19(8-6-18)22(28)11-20-9-10-21(24(26)23(20)25)27-12-16(3)31-17(4)13-27/h9-10,15-19H,5-8,11-14H2,1-4H3/t16-,17+,18?,19?. The van der Waals surface area contributed by atoms with Crippen LogP contribution in [0.15, 0.2) is 12.1 Å². The van der Waals surface area contributed by atoms with Gasteiger partial charge in [-0.15, -0.1) is 0 Å². The lowest BCUT2D eigenvalue weighted by Crippen LogP contribution is -2.46. The van der Waals surface area contributed by atoms with E-state index in [4.69, 9.17) is 4.74 Å². The summed E-state index contributed by atoms with van der Waals surface area (Å²) in [6.07, 6.45) is 2.25. The highest BCUT2D eigenvalue weighted by molar-refractivity contribution is 7.91. The van der Waals surface area contributed by atoms with Gasteiger partial charge in [-0.1, -0.05) is 6.07 Å². The second-order valence-corrected chi connectivity index (χ2v) is 12.4. The van der Waals surface area contributed by atoms with Crippen LogP contribution >= 0.6 is 0 Å². The van der Waals surface area contributed by atoms with Gasteiger partial charge in [0.2, 0.25) is 0 Å². The van der Waals surface area contributed by atoms with Crippen LogP contribution in [0.5, 0.6) is 0 Å². The van der Waals surface area contributed by atoms with Crippen molar-refractivity contribution in [1.29, 1.82) is 0 Å². The summed E-state index contributed by atoms with van der Waals surface area (Å²) in [5.74, 6) is -1.98. The number of hydrogen-bond acceptors (Lipinski definition) is 5. The molecule has 5 nitrogen and oxygen atoms in total. The number of anilines is 1. The van der Waals surface area contributed by atoms with Crippen molar-refractivity contribution in [2.75, 3.05) is 23.7 Å². The van der Waals surface area contributed by atoms with Crippen molar-refractivity contribution in [1.82, 2.24) is 0 Å². The molecule has 1 heterocycles. The molecule has 1 saturated carbocycles. The molecule has 0 aromatic heterocycles. The predicted molar refractivity (Wildman–Crippen MR) is 122 cm³/mol. The molecule has 2 aliphatic rings. The quantitative estimate of drug-likeness (QED) is 0.593. The summed E-state index contributed by atoms with van der Waals surface area (Å²) in [5.41, 5.74) is 0.280. The summed E-state index contributed by atoms with van der Waals surface area (Å²) in [4.78, 5) is 14.6. The van der Waals surface area contributed by atoms with Gasteiger partial charge in [-0.25, -0.2) is 17.2 Å². The van der Waals surface area contributed by atoms with Crippen LogP contribution in [0.1, 0.15) is 58.9 Å². The molecule has 0 radical (unpaired) electrons. The third kappa shape index (κ3) is 5.87. The van der Waals surface area contributed by atoms with E-state index in [1.54, 1.807) is 24.8 Å². The maximum absolute atomic E-state index is 14.8. The molecule has 1 aromatic carbocycles. The van der Waals surface area contributed by atoms with Gasteiger partial charge in [-0.05, 0) is 70.9 Å². The van der Waals surface area contributed by atoms with Crippen LogP contribution < -0.4 is 4.90 Å². The van der Waals surface area contributed by atoms with Crippen LogP contribution in [0, 0.1) is 23.5 Å². The van der Waals surface area contributed by atoms with Gasteiger partial charge in [0, 0.05) is 25.4 Å². The molecule has 2 fully saturated rings. The van der Waals surface area contributed by atoms with Gasteiger partial charge in [-0.2, -0.15) is 0 Å². The van der Waals surface area contributed by atoms with Gasteiger partial charge in [0.1, 0.15) is 5.78 Å². The monoisotopic (exact) mass is 471 g/mol. The molecule has 180 valence electrons. The Morgan fingerprint density at radius 2 is 1.66 bits per heavy atom. The number of morpholine rings is 1. The summed E-state index contributed by atoms with van der Waals surface area (Å²) < 4.78 is 59.6. The number of nitrogens with zero attached hydrogens (tertiary/aromatic N) is 1. The second-order valence-electron chi connectivity index (χ2n) is 9.77. The number of ether oxygens (including phenoxy) is 1. The number of sulfone groups is 1. The number of ketones is 1. The van der Waals surface area contributed by atoms with Crippen molar-refractivity contribution in [2.24, 2.45) is 11.8 Å². The fraction of sp³-hybridized carbons (Fsp3) is 0.708. The van der Waals surface area contributed by atoms with E-state index in [1.165, 1.54) is 6.07 Å². The largest absolute Gasteiger partial charge is 0.372 e. The highest BCUT2D eigenvalue weighted by Gasteiger charge is 2.31. The van der Waals surface area contributed by atoms with E-state index in [0.717, 1.165) is 0 Å². The maximum atomic E-state index is 14.8. The Morgan fingerprint density at radius 3 is 2.22 bits per heavy atom. The first-order valence-electron chi connectivity index (χ1n) is 11.6. The van der Waals surface area contributed by atoms with Crippen molar-refractivity contribution >= 4 is 21.3 Å². The molecule has 0 bridgehead atoms. The van der Waals surface area contributed by atoms with Crippen molar-refractivity contribution in [3.63, 3.8) is 0 Å². The van der Waals surface area contributed by atoms with Crippen LogP contribution in [-0.4, -0.2) is 50.5 Å². The van der Waals surface area contributed by atoms with Crippen molar-refractivity contribution in [2.45, 2.75) is 77.3 Å². The molecule has 0 amide bonds. The molecule has 1 saturated heterocycles. The molecular formula is C24H35F2NO4S. The van der Waals surface area contributed by atoms with E-state index in [0.29, 0.717) is 38.8 Å². The van der Waals surface area contributed by atoms with Crippen LogP contribution in [0.2, 0.25) is 0 Å². The summed E-state index contributed by atoms with van der Waals surface area (Å²) in [6.45, 7) is 8.13. The molecule has 2 atom stereocenters. The predicted octanol–water partition coefficient (Wildman–Crippen LogP) is 4.32. The first kappa shape index (κ1) is 25.1. The number of carbonyl (C=O) groups excluding carboxylic acids is 1. The highest BCUT2D eigenvalue weighted by Crippen LogP contribution is 2.33. The zero-order valence-electron chi connectivity index (χ0n) is 19.4. The topological polar surface area (TPSA) is 63.7 Å². The normalized spacial score (nSPS) is 27.0. The minimum Gasteiger partial charge on any atom is -0.372 e. The molecule has 8 heteroatoms. The maximum Gasteiger partial charge on any atom is 0.182 e. The minimum absolute atomic E-state index is 0.0678. The Bertz CT molecular complexity index is 916. The van der Waals surface area contributed by atoms with Crippen LogP contribution in [-0.2, 0) is 25.8 Å². The van der Waals surface area contributed by atoms with E-state index < -0.39 is 26.7 Å². The Labute approximate surface area is 190 Å². The average molecular weight is 472 g/mol. The van der Waals surface area contributed by atoms with E-state index in [1.807, 2.05) is 13.8 Å². The molecule has 32 heavy (non-hydrogen) atoms. The highest BCUT2D eigenvalue weighted by atomic mass is 32.2. The lowest BCUT2D eigenvalue weighted by atomic mass is 9.79. The van der Waals surface area contributed by atoms with Crippen LogP contribution in [0.4, 0.5) is 14.5 Å². The molecular weight excluding hydrogens is 436 g/mol. The molecule has 0 spiro atoms. The molecule has 0 N–H and O–H groups in total. The SMILES string of the molecule is CC(C)S(=O)(=O)CC1CCC(C(=O)Cc2ccc(N3C[C@@H](C)O[C@@H](C)C3)c(F)c2F)CC1. The summed E-state index contributed by atoms with van der Waals surface area (Å²) in [7, 11) is -3.10. The van der Waals surface area contributed by atoms with Crippen molar-refractivity contribution < 1.29 is 26.7 Å². The molecule has 1 aliphatic carbocycles. The summed E-state index contributed by atoms with van der Waals surface area (Å²) in [6, 6.07) is 3.07. The zero-order valence-corrected chi connectivity index (χ0v) is 20.3.